The Labute approximate surface area is 151 Å². The molecule has 1 saturated heterocycles. The number of nitrogens with one attached hydrogen (secondary N) is 1. The van der Waals surface area contributed by atoms with Crippen molar-refractivity contribution in [1.82, 2.24) is 9.80 Å². The van der Waals surface area contributed by atoms with E-state index in [1.165, 1.54) is 13.2 Å². The third-order valence-corrected chi connectivity index (χ3v) is 4.33. The SMILES string of the molecule is CC(=O)c1ccc(NC(=O)CN2CCN(C(=O)c3ccco3)CC2)cc1. The van der Waals surface area contributed by atoms with E-state index in [9.17, 15) is 14.4 Å². The standard InChI is InChI=1S/C19H21N3O4/c1-14(23)15-4-6-16(7-5-15)20-18(24)13-21-8-10-22(11-9-21)19(25)17-3-2-12-26-17/h2-7,12H,8-11,13H2,1H3,(H,20,24). The lowest BCUT2D eigenvalue weighted by Crippen LogP contribution is -2.50. The Morgan fingerprint density at radius 1 is 1.04 bits per heavy atom. The lowest BCUT2D eigenvalue weighted by molar-refractivity contribution is -0.117. The third kappa shape index (κ3) is 4.37. The van der Waals surface area contributed by atoms with Crippen molar-refractivity contribution >= 4 is 23.3 Å². The molecule has 0 spiro atoms. The minimum absolute atomic E-state index is 0.00940. The second-order valence-corrected chi connectivity index (χ2v) is 6.23. The van der Waals surface area contributed by atoms with Gasteiger partial charge in [0.05, 0.1) is 12.8 Å². The van der Waals surface area contributed by atoms with E-state index in [2.05, 4.69) is 5.32 Å². The largest absolute Gasteiger partial charge is 0.459 e. The van der Waals surface area contributed by atoms with Gasteiger partial charge in [-0.3, -0.25) is 19.3 Å². The number of furan rings is 1. The molecule has 1 N–H and O–H groups in total. The Bertz CT molecular complexity index is 776. The number of carbonyl (C=O) groups is 3. The van der Waals surface area contributed by atoms with Crippen molar-refractivity contribution in [3.8, 4) is 0 Å². The summed E-state index contributed by atoms with van der Waals surface area (Å²) in [5.41, 5.74) is 1.27. The first-order chi connectivity index (χ1) is 12.5. The second-order valence-electron chi connectivity index (χ2n) is 6.23. The zero-order valence-electron chi connectivity index (χ0n) is 14.6. The molecule has 2 amide bonds. The number of hydrogen-bond donors (Lipinski definition) is 1. The van der Waals surface area contributed by atoms with Crippen LogP contribution in [0, 0.1) is 0 Å². The van der Waals surface area contributed by atoms with Crippen molar-refractivity contribution < 1.29 is 18.8 Å². The molecule has 2 aromatic rings. The fraction of sp³-hybridized carbons (Fsp3) is 0.316. The first kappa shape index (κ1) is 17.9. The molecule has 2 heterocycles. The van der Waals surface area contributed by atoms with Gasteiger partial charge in [0, 0.05) is 37.4 Å². The van der Waals surface area contributed by atoms with Crippen LogP contribution in [0.4, 0.5) is 5.69 Å². The fourth-order valence-electron chi connectivity index (χ4n) is 2.86. The van der Waals surface area contributed by atoms with Gasteiger partial charge in [0.25, 0.3) is 5.91 Å². The molecule has 7 heteroatoms. The maximum absolute atomic E-state index is 12.2. The Balaban J connectivity index is 1.46. The van der Waals surface area contributed by atoms with Crippen molar-refractivity contribution in [1.29, 1.82) is 0 Å². The minimum Gasteiger partial charge on any atom is -0.459 e. The molecule has 0 radical (unpaired) electrons. The van der Waals surface area contributed by atoms with Crippen molar-refractivity contribution in [3.05, 3.63) is 54.0 Å². The van der Waals surface area contributed by atoms with Crippen LogP contribution in [0.5, 0.6) is 0 Å². The molecule has 1 fully saturated rings. The second kappa shape index (κ2) is 7.97. The molecule has 136 valence electrons. The van der Waals surface area contributed by atoms with Gasteiger partial charge in [-0.2, -0.15) is 0 Å². The summed E-state index contributed by atoms with van der Waals surface area (Å²) in [6.07, 6.45) is 1.48. The number of rotatable bonds is 5. The molecular formula is C19H21N3O4. The quantitative estimate of drug-likeness (QED) is 0.828. The maximum atomic E-state index is 12.2. The van der Waals surface area contributed by atoms with Crippen molar-refractivity contribution in [2.75, 3.05) is 38.0 Å². The van der Waals surface area contributed by atoms with Crippen molar-refractivity contribution in [2.45, 2.75) is 6.92 Å². The summed E-state index contributed by atoms with van der Waals surface area (Å²) in [5, 5.41) is 2.82. The van der Waals surface area contributed by atoms with Crippen LogP contribution in [0.1, 0.15) is 27.8 Å². The smallest absolute Gasteiger partial charge is 0.289 e. The minimum atomic E-state index is -0.121. The number of benzene rings is 1. The maximum Gasteiger partial charge on any atom is 0.289 e. The Morgan fingerprint density at radius 3 is 2.31 bits per heavy atom. The lowest BCUT2D eigenvalue weighted by Gasteiger charge is -2.33. The van der Waals surface area contributed by atoms with Gasteiger partial charge in [-0.1, -0.05) is 0 Å². The predicted octanol–water partition coefficient (Wildman–Crippen LogP) is 1.88. The summed E-state index contributed by atoms with van der Waals surface area (Å²) in [5.74, 6) is 0.0890. The Hall–Kier alpha value is -2.93. The van der Waals surface area contributed by atoms with E-state index in [-0.39, 0.29) is 24.1 Å². The Morgan fingerprint density at radius 2 is 1.73 bits per heavy atom. The van der Waals surface area contributed by atoms with E-state index >= 15 is 0 Å². The van der Waals surface area contributed by atoms with Crippen LogP contribution in [0.25, 0.3) is 0 Å². The van der Waals surface area contributed by atoms with E-state index in [4.69, 9.17) is 4.42 Å². The molecule has 26 heavy (non-hydrogen) atoms. The van der Waals surface area contributed by atoms with Gasteiger partial charge < -0.3 is 14.6 Å². The number of Topliss-reactive ketones (excluding diaryl/α,β-unsaturated/α-hetero) is 1. The molecular weight excluding hydrogens is 334 g/mol. The molecule has 0 unspecified atom stereocenters. The highest BCUT2D eigenvalue weighted by atomic mass is 16.3. The summed E-state index contributed by atoms with van der Waals surface area (Å²) < 4.78 is 5.14. The molecule has 1 aromatic carbocycles. The van der Waals surface area contributed by atoms with Gasteiger partial charge in [-0.15, -0.1) is 0 Å². The average molecular weight is 355 g/mol. The zero-order chi connectivity index (χ0) is 18.5. The van der Waals surface area contributed by atoms with E-state index in [0.717, 1.165) is 0 Å². The highest BCUT2D eigenvalue weighted by Gasteiger charge is 2.24. The van der Waals surface area contributed by atoms with E-state index < -0.39 is 0 Å². The number of nitrogens with zero attached hydrogens (tertiary/aromatic N) is 2. The van der Waals surface area contributed by atoms with Crippen molar-refractivity contribution in [3.63, 3.8) is 0 Å². The van der Waals surface area contributed by atoms with Crippen LogP contribution in [0.15, 0.2) is 47.1 Å². The highest BCUT2D eigenvalue weighted by Crippen LogP contribution is 2.12. The topological polar surface area (TPSA) is 82.9 Å². The number of hydrogen-bond acceptors (Lipinski definition) is 5. The van der Waals surface area contributed by atoms with Gasteiger partial charge >= 0.3 is 0 Å². The van der Waals surface area contributed by atoms with Crippen LogP contribution >= 0.6 is 0 Å². The van der Waals surface area contributed by atoms with Gasteiger partial charge in [-0.25, -0.2) is 0 Å². The fourth-order valence-corrected chi connectivity index (χ4v) is 2.86. The number of amides is 2. The van der Waals surface area contributed by atoms with Gasteiger partial charge in [0.1, 0.15) is 0 Å². The van der Waals surface area contributed by atoms with E-state index in [0.29, 0.717) is 43.2 Å². The van der Waals surface area contributed by atoms with Crippen molar-refractivity contribution in [2.24, 2.45) is 0 Å². The van der Waals surface area contributed by atoms with Crippen LogP contribution in [-0.2, 0) is 4.79 Å². The molecule has 1 aliphatic heterocycles. The summed E-state index contributed by atoms with van der Waals surface area (Å²) in [4.78, 5) is 39.4. The van der Waals surface area contributed by atoms with Crippen LogP contribution in [-0.4, -0.2) is 60.1 Å². The number of carbonyl (C=O) groups excluding carboxylic acids is 3. The zero-order valence-corrected chi connectivity index (χ0v) is 14.6. The summed E-state index contributed by atoms with van der Waals surface area (Å²) in [7, 11) is 0. The molecule has 0 aliphatic carbocycles. The normalized spacial score (nSPS) is 14.9. The summed E-state index contributed by atoms with van der Waals surface area (Å²) in [6.45, 7) is 4.13. The van der Waals surface area contributed by atoms with E-state index in [1.54, 1.807) is 41.3 Å². The van der Waals surface area contributed by atoms with Crippen LogP contribution < -0.4 is 5.32 Å². The molecule has 3 rings (SSSR count). The van der Waals surface area contributed by atoms with E-state index in [1.807, 2.05) is 4.90 Å². The Kier molecular flexibility index (Phi) is 5.48. The first-order valence-electron chi connectivity index (χ1n) is 8.49. The number of ketones is 1. The molecule has 0 atom stereocenters. The van der Waals surface area contributed by atoms with Crippen LogP contribution in [0.3, 0.4) is 0 Å². The summed E-state index contributed by atoms with van der Waals surface area (Å²) >= 11 is 0. The summed E-state index contributed by atoms with van der Waals surface area (Å²) in [6, 6.07) is 10.2. The predicted molar refractivity (Wildman–Crippen MR) is 96.1 cm³/mol. The molecule has 7 nitrogen and oxygen atoms in total. The number of piperazine rings is 1. The molecule has 0 bridgehead atoms. The third-order valence-electron chi connectivity index (χ3n) is 4.33. The van der Waals surface area contributed by atoms with Gasteiger partial charge in [0.2, 0.25) is 5.91 Å². The molecule has 0 saturated carbocycles. The van der Waals surface area contributed by atoms with Gasteiger partial charge in [0.15, 0.2) is 11.5 Å². The highest BCUT2D eigenvalue weighted by molar-refractivity contribution is 5.96. The van der Waals surface area contributed by atoms with Gasteiger partial charge in [-0.05, 0) is 43.3 Å². The monoisotopic (exact) mass is 355 g/mol. The first-order valence-corrected chi connectivity index (χ1v) is 8.49. The average Bonchev–Trinajstić information content (AvgIpc) is 3.17. The lowest BCUT2D eigenvalue weighted by atomic mass is 10.1. The molecule has 1 aromatic heterocycles. The van der Waals surface area contributed by atoms with Crippen LogP contribution in [0.2, 0.25) is 0 Å². The number of anilines is 1. The molecule has 1 aliphatic rings.